The maximum atomic E-state index is 9.48. The van der Waals surface area contributed by atoms with Crippen LogP contribution in [0, 0.1) is 11.8 Å². The van der Waals surface area contributed by atoms with Gasteiger partial charge in [-0.1, -0.05) is 44.9 Å². The van der Waals surface area contributed by atoms with E-state index in [1.165, 1.54) is 57.8 Å². The molecular weight excluding hydrogens is 266 g/mol. The van der Waals surface area contributed by atoms with E-state index >= 15 is 0 Å². The van der Waals surface area contributed by atoms with Crippen molar-refractivity contribution in [3.63, 3.8) is 0 Å². The second-order valence-corrected chi connectivity index (χ2v) is 7.94. The molecule has 2 aliphatic carbocycles. The van der Waals surface area contributed by atoms with Gasteiger partial charge in [0.25, 0.3) is 0 Å². The Morgan fingerprint density at radius 1 is 1.05 bits per heavy atom. The number of hydrogen-bond donors (Lipinski definition) is 2. The van der Waals surface area contributed by atoms with Crippen LogP contribution in [0.5, 0.6) is 0 Å². The van der Waals surface area contributed by atoms with Crippen molar-refractivity contribution in [1.29, 1.82) is 0 Å². The van der Waals surface area contributed by atoms with Gasteiger partial charge in [-0.15, -0.1) is 0 Å². The summed E-state index contributed by atoms with van der Waals surface area (Å²) in [6.45, 7) is 2.54. The van der Waals surface area contributed by atoms with E-state index in [1.807, 2.05) is 0 Å². The predicted molar refractivity (Wildman–Crippen MR) is 89.3 cm³/mol. The third kappa shape index (κ3) is 4.38. The van der Waals surface area contributed by atoms with Crippen LogP contribution < -0.4 is 5.32 Å². The van der Waals surface area contributed by atoms with E-state index in [4.69, 9.17) is 0 Å². The average Bonchev–Trinajstić information content (AvgIpc) is 2.50. The lowest BCUT2D eigenvalue weighted by Crippen LogP contribution is -2.49. The second-order valence-electron chi connectivity index (χ2n) is 6.86. The second kappa shape index (κ2) is 8.65. The fraction of sp³-hybridized carbons (Fsp3) is 1.00. The van der Waals surface area contributed by atoms with Gasteiger partial charge in [0.15, 0.2) is 0 Å². The standard InChI is InChI=1S/C17H33NOS/c1-13(17(12-19)20-2)18-16-11-7-6-10-15(16)14-8-4-3-5-9-14/h13-19H,3-12H2,1-2H3. The van der Waals surface area contributed by atoms with Gasteiger partial charge in [0, 0.05) is 17.3 Å². The van der Waals surface area contributed by atoms with Crippen molar-refractivity contribution in [2.75, 3.05) is 12.9 Å². The highest BCUT2D eigenvalue weighted by atomic mass is 32.2. The summed E-state index contributed by atoms with van der Waals surface area (Å²) < 4.78 is 0. The maximum Gasteiger partial charge on any atom is 0.0564 e. The molecule has 20 heavy (non-hydrogen) atoms. The molecule has 2 fully saturated rings. The molecule has 2 aliphatic rings. The molecule has 118 valence electrons. The van der Waals surface area contributed by atoms with Crippen molar-refractivity contribution in [1.82, 2.24) is 5.32 Å². The van der Waals surface area contributed by atoms with Gasteiger partial charge in [-0.3, -0.25) is 0 Å². The Balaban J connectivity index is 1.92. The van der Waals surface area contributed by atoms with Crippen molar-refractivity contribution in [3.05, 3.63) is 0 Å². The highest BCUT2D eigenvalue weighted by Crippen LogP contribution is 2.38. The van der Waals surface area contributed by atoms with Crippen LogP contribution in [-0.4, -0.2) is 35.3 Å². The van der Waals surface area contributed by atoms with Crippen LogP contribution >= 0.6 is 11.8 Å². The fourth-order valence-corrected chi connectivity index (χ4v) is 5.01. The first-order valence-corrected chi connectivity index (χ1v) is 9.94. The first-order valence-electron chi connectivity index (χ1n) is 8.66. The zero-order valence-electron chi connectivity index (χ0n) is 13.3. The van der Waals surface area contributed by atoms with Crippen LogP contribution in [0.25, 0.3) is 0 Å². The highest BCUT2D eigenvalue weighted by molar-refractivity contribution is 7.99. The van der Waals surface area contributed by atoms with Gasteiger partial charge in [0.05, 0.1) is 6.61 Å². The van der Waals surface area contributed by atoms with E-state index in [1.54, 1.807) is 11.8 Å². The number of thioether (sulfide) groups is 1. The zero-order chi connectivity index (χ0) is 14.4. The molecule has 0 spiro atoms. The number of rotatable bonds is 6. The SMILES string of the molecule is CSC(CO)C(C)NC1CCCCC1C1CCCCC1. The zero-order valence-corrected chi connectivity index (χ0v) is 14.1. The van der Waals surface area contributed by atoms with Crippen LogP contribution in [0.3, 0.4) is 0 Å². The number of aliphatic hydroxyl groups is 1. The highest BCUT2D eigenvalue weighted by Gasteiger charge is 2.33. The van der Waals surface area contributed by atoms with E-state index in [0.29, 0.717) is 17.3 Å². The number of nitrogens with one attached hydrogen (secondary N) is 1. The third-order valence-electron chi connectivity index (χ3n) is 5.59. The molecule has 4 unspecified atom stereocenters. The molecule has 0 bridgehead atoms. The van der Waals surface area contributed by atoms with Crippen LogP contribution in [-0.2, 0) is 0 Å². The third-order valence-corrected chi connectivity index (χ3v) is 6.75. The minimum atomic E-state index is 0.288. The van der Waals surface area contributed by atoms with Crippen molar-refractivity contribution in [3.8, 4) is 0 Å². The minimum absolute atomic E-state index is 0.288. The van der Waals surface area contributed by atoms with E-state index in [2.05, 4.69) is 18.5 Å². The lowest BCUT2D eigenvalue weighted by molar-refractivity contribution is 0.139. The monoisotopic (exact) mass is 299 g/mol. The molecule has 2 N–H and O–H groups in total. The van der Waals surface area contributed by atoms with Gasteiger partial charge in [-0.25, -0.2) is 0 Å². The first kappa shape index (κ1) is 16.6. The van der Waals surface area contributed by atoms with E-state index < -0.39 is 0 Å². The van der Waals surface area contributed by atoms with Crippen LogP contribution in [0.2, 0.25) is 0 Å². The molecule has 0 heterocycles. The molecule has 0 aromatic carbocycles. The summed E-state index contributed by atoms with van der Waals surface area (Å²) in [6, 6.07) is 1.12. The maximum absolute atomic E-state index is 9.48. The normalized spacial score (nSPS) is 31.9. The van der Waals surface area contributed by atoms with Gasteiger partial charge < -0.3 is 10.4 Å². The van der Waals surface area contributed by atoms with E-state index in [9.17, 15) is 5.11 Å². The molecule has 0 radical (unpaired) electrons. The number of hydrogen-bond acceptors (Lipinski definition) is 3. The van der Waals surface area contributed by atoms with Gasteiger partial charge >= 0.3 is 0 Å². The molecule has 2 saturated carbocycles. The fourth-order valence-electron chi connectivity index (χ4n) is 4.37. The Labute approximate surface area is 129 Å². The Kier molecular flexibility index (Phi) is 7.20. The molecule has 0 aromatic heterocycles. The Morgan fingerprint density at radius 3 is 2.35 bits per heavy atom. The summed E-state index contributed by atoms with van der Waals surface area (Å²) in [4.78, 5) is 0. The molecule has 0 aromatic rings. The molecule has 0 amide bonds. The molecule has 2 nitrogen and oxygen atoms in total. The van der Waals surface area contributed by atoms with Gasteiger partial charge in [-0.2, -0.15) is 11.8 Å². The quantitative estimate of drug-likeness (QED) is 0.782. The summed E-state index contributed by atoms with van der Waals surface area (Å²) in [5.41, 5.74) is 0. The Hall–Kier alpha value is 0.270. The molecule has 2 rings (SSSR count). The Bertz CT molecular complexity index is 264. The summed E-state index contributed by atoms with van der Waals surface area (Å²) >= 11 is 1.79. The molecule has 0 saturated heterocycles. The van der Waals surface area contributed by atoms with E-state index in [0.717, 1.165) is 11.8 Å². The van der Waals surface area contributed by atoms with E-state index in [-0.39, 0.29) is 6.61 Å². The summed E-state index contributed by atoms with van der Waals surface area (Å²) in [5.74, 6) is 1.86. The lowest BCUT2D eigenvalue weighted by Gasteiger charge is -2.41. The van der Waals surface area contributed by atoms with Crippen molar-refractivity contribution < 1.29 is 5.11 Å². The average molecular weight is 300 g/mol. The lowest BCUT2D eigenvalue weighted by atomic mass is 9.71. The first-order chi connectivity index (χ1) is 9.76. The summed E-state index contributed by atoms with van der Waals surface area (Å²) in [7, 11) is 0. The molecular formula is C17H33NOS. The predicted octanol–water partition coefficient (Wildman–Crippen LogP) is 3.83. The molecule has 3 heteroatoms. The van der Waals surface area contributed by atoms with Crippen molar-refractivity contribution in [2.45, 2.75) is 82.0 Å². The molecule has 0 aliphatic heterocycles. The summed E-state index contributed by atoms with van der Waals surface area (Å²) in [6.07, 6.45) is 15.0. The van der Waals surface area contributed by atoms with Gasteiger partial charge in [0.1, 0.15) is 0 Å². The topological polar surface area (TPSA) is 32.3 Å². The molecule has 4 atom stereocenters. The smallest absolute Gasteiger partial charge is 0.0564 e. The largest absolute Gasteiger partial charge is 0.395 e. The van der Waals surface area contributed by atoms with Crippen LogP contribution in [0.1, 0.15) is 64.7 Å². The minimum Gasteiger partial charge on any atom is -0.395 e. The van der Waals surface area contributed by atoms with Crippen LogP contribution in [0.4, 0.5) is 0 Å². The summed E-state index contributed by atoms with van der Waals surface area (Å²) in [5, 5.41) is 13.7. The van der Waals surface area contributed by atoms with Crippen molar-refractivity contribution >= 4 is 11.8 Å². The Morgan fingerprint density at radius 2 is 1.70 bits per heavy atom. The van der Waals surface area contributed by atoms with Gasteiger partial charge in [-0.05, 0) is 37.9 Å². The van der Waals surface area contributed by atoms with Crippen molar-refractivity contribution in [2.24, 2.45) is 11.8 Å². The van der Waals surface area contributed by atoms with Crippen LogP contribution in [0.15, 0.2) is 0 Å². The van der Waals surface area contributed by atoms with Gasteiger partial charge in [0.2, 0.25) is 0 Å². The number of aliphatic hydroxyl groups excluding tert-OH is 1.